The van der Waals surface area contributed by atoms with Crippen LogP contribution < -0.4 is 5.32 Å². The summed E-state index contributed by atoms with van der Waals surface area (Å²) in [5.74, 6) is -0.811. The number of piperazine rings is 1. The number of benzene rings is 2. The van der Waals surface area contributed by atoms with Gasteiger partial charge in [-0.3, -0.25) is 14.5 Å². The molecule has 3 amide bonds. The molecule has 3 heterocycles. The van der Waals surface area contributed by atoms with Gasteiger partial charge >= 0.3 is 6.09 Å². The molecule has 38 heavy (non-hydrogen) atoms. The zero-order valence-corrected chi connectivity index (χ0v) is 21.8. The fraction of sp³-hybridized carbons (Fsp3) is 0.321. The number of ether oxygens (including phenoxy) is 1. The highest BCUT2D eigenvalue weighted by Crippen LogP contribution is 2.35. The summed E-state index contributed by atoms with van der Waals surface area (Å²) in [5, 5.41) is 4.69. The van der Waals surface area contributed by atoms with Gasteiger partial charge in [-0.15, -0.1) is 11.3 Å². The average Bonchev–Trinajstić information content (AvgIpc) is 3.58. The minimum absolute atomic E-state index is 0.0490. The van der Waals surface area contributed by atoms with E-state index in [1.807, 2.05) is 11.4 Å². The Balaban J connectivity index is 1.39. The molecular weight excluding hydrogens is 507 g/mol. The lowest BCUT2D eigenvalue weighted by atomic mass is 9.99. The van der Waals surface area contributed by atoms with Gasteiger partial charge in [-0.25, -0.2) is 9.18 Å². The van der Waals surface area contributed by atoms with Gasteiger partial charge in [0.1, 0.15) is 5.82 Å². The summed E-state index contributed by atoms with van der Waals surface area (Å²) in [5.41, 5.74) is 1.80. The van der Waals surface area contributed by atoms with E-state index in [1.54, 1.807) is 47.4 Å². The first-order valence-electron chi connectivity index (χ1n) is 12.6. The topological polar surface area (TPSA) is 82.2 Å². The monoisotopic (exact) mass is 536 g/mol. The summed E-state index contributed by atoms with van der Waals surface area (Å²) in [4.78, 5) is 45.3. The van der Waals surface area contributed by atoms with Crippen molar-refractivity contribution < 1.29 is 23.5 Å². The Bertz CT molecular complexity index is 1290. The zero-order chi connectivity index (χ0) is 26.6. The quantitative estimate of drug-likeness (QED) is 0.485. The number of thiophene rings is 1. The van der Waals surface area contributed by atoms with E-state index < -0.39 is 24.1 Å². The van der Waals surface area contributed by atoms with Crippen molar-refractivity contribution in [1.82, 2.24) is 14.7 Å². The van der Waals surface area contributed by atoms with Crippen LogP contribution in [-0.2, 0) is 16.1 Å². The first kappa shape index (κ1) is 25.9. The van der Waals surface area contributed by atoms with E-state index >= 15 is 0 Å². The number of nitrogens with one attached hydrogen (secondary N) is 1. The highest BCUT2D eigenvalue weighted by Gasteiger charge is 2.48. The maximum atomic E-state index is 13.9. The molecule has 0 spiro atoms. The second kappa shape index (κ2) is 11.3. The van der Waals surface area contributed by atoms with E-state index in [1.165, 1.54) is 28.4 Å². The summed E-state index contributed by atoms with van der Waals surface area (Å²) in [6.45, 7) is 5.69. The molecule has 2 saturated heterocycles. The summed E-state index contributed by atoms with van der Waals surface area (Å²) in [6.07, 6.45) is -1.46. The summed E-state index contributed by atoms with van der Waals surface area (Å²) in [6, 6.07) is 15.6. The smallest absolute Gasteiger partial charge is 0.411 e. The Hall–Kier alpha value is -3.76. The van der Waals surface area contributed by atoms with Gasteiger partial charge in [-0.2, -0.15) is 0 Å². The number of likely N-dealkylation sites (N-methyl/N-ethyl adjacent to an activating group) is 1. The van der Waals surface area contributed by atoms with Crippen LogP contribution in [0.25, 0.3) is 0 Å². The molecule has 5 rings (SSSR count). The molecule has 2 aliphatic heterocycles. The summed E-state index contributed by atoms with van der Waals surface area (Å²) >= 11 is 1.35. The molecule has 2 aromatic carbocycles. The number of hydrogen-bond donors (Lipinski definition) is 1. The zero-order valence-electron chi connectivity index (χ0n) is 21.0. The number of carbonyl (C=O) groups is 3. The molecule has 0 unspecified atom stereocenters. The molecular formula is C28H29FN4O4S. The van der Waals surface area contributed by atoms with Gasteiger partial charge in [0.05, 0.1) is 11.4 Å². The van der Waals surface area contributed by atoms with Crippen LogP contribution in [-0.4, -0.2) is 71.4 Å². The van der Waals surface area contributed by atoms with Crippen molar-refractivity contribution in [2.45, 2.75) is 25.6 Å². The van der Waals surface area contributed by atoms with Crippen molar-refractivity contribution in [3.63, 3.8) is 0 Å². The van der Waals surface area contributed by atoms with Crippen molar-refractivity contribution in [2.24, 2.45) is 0 Å². The first-order chi connectivity index (χ1) is 18.4. The maximum Gasteiger partial charge on any atom is 0.411 e. The van der Waals surface area contributed by atoms with Gasteiger partial charge in [-0.05, 0) is 53.4 Å². The predicted octanol–water partition coefficient (Wildman–Crippen LogP) is 4.37. The summed E-state index contributed by atoms with van der Waals surface area (Å²) in [7, 11) is 0. The van der Waals surface area contributed by atoms with Crippen LogP contribution in [0.1, 0.15) is 33.8 Å². The lowest BCUT2D eigenvalue weighted by Crippen LogP contribution is -2.54. The van der Waals surface area contributed by atoms with Crippen molar-refractivity contribution in [3.8, 4) is 0 Å². The molecule has 2 aliphatic rings. The second-order valence-electron chi connectivity index (χ2n) is 9.32. The van der Waals surface area contributed by atoms with E-state index in [9.17, 15) is 18.8 Å². The molecule has 0 radical (unpaired) electrons. The number of carbonyl (C=O) groups excluding carboxylic acids is 3. The van der Waals surface area contributed by atoms with Crippen LogP contribution in [0.3, 0.4) is 0 Å². The van der Waals surface area contributed by atoms with Crippen LogP contribution in [0.5, 0.6) is 0 Å². The van der Waals surface area contributed by atoms with Gasteiger partial charge in [0, 0.05) is 31.9 Å². The fourth-order valence-corrected chi connectivity index (χ4v) is 5.47. The molecule has 10 heteroatoms. The van der Waals surface area contributed by atoms with Gasteiger partial charge in [0.15, 0.2) is 12.1 Å². The molecule has 1 aromatic heterocycles. The molecule has 2 fully saturated rings. The molecule has 3 aromatic rings. The normalized spacial score (nSPS) is 19.9. The average molecular weight is 537 g/mol. The molecule has 0 bridgehead atoms. The van der Waals surface area contributed by atoms with E-state index in [-0.39, 0.29) is 18.4 Å². The number of cyclic esters (lactones) is 1. The third-order valence-corrected chi connectivity index (χ3v) is 7.82. The van der Waals surface area contributed by atoms with E-state index in [0.717, 1.165) is 19.6 Å². The fourth-order valence-electron chi connectivity index (χ4n) is 4.85. The number of amides is 3. The number of halogens is 1. The minimum atomic E-state index is -0.898. The van der Waals surface area contributed by atoms with Crippen LogP contribution in [0, 0.1) is 5.82 Å². The van der Waals surface area contributed by atoms with Crippen molar-refractivity contribution in [3.05, 3.63) is 87.9 Å². The Morgan fingerprint density at radius 2 is 1.82 bits per heavy atom. The van der Waals surface area contributed by atoms with Crippen molar-refractivity contribution in [2.75, 3.05) is 38.0 Å². The molecule has 0 saturated carbocycles. The number of anilines is 1. The molecule has 198 valence electrons. The highest BCUT2D eigenvalue weighted by atomic mass is 32.1. The van der Waals surface area contributed by atoms with Crippen molar-refractivity contribution in [1.29, 1.82) is 0 Å². The Morgan fingerprint density at radius 3 is 2.47 bits per heavy atom. The number of rotatable bonds is 7. The van der Waals surface area contributed by atoms with E-state index in [2.05, 4.69) is 17.1 Å². The Kier molecular flexibility index (Phi) is 7.71. The van der Waals surface area contributed by atoms with E-state index in [4.69, 9.17) is 4.74 Å². The summed E-state index contributed by atoms with van der Waals surface area (Å²) < 4.78 is 19.6. The Morgan fingerprint density at radius 1 is 1.05 bits per heavy atom. The van der Waals surface area contributed by atoms with Crippen LogP contribution in [0.15, 0.2) is 66.0 Å². The van der Waals surface area contributed by atoms with Gasteiger partial charge in [0.2, 0.25) is 5.91 Å². The van der Waals surface area contributed by atoms with E-state index in [0.29, 0.717) is 34.8 Å². The Labute approximate surface area is 224 Å². The van der Waals surface area contributed by atoms with Gasteiger partial charge in [0.25, 0.3) is 5.91 Å². The molecule has 0 aliphatic carbocycles. The first-order valence-corrected chi connectivity index (χ1v) is 13.5. The lowest BCUT2D eigenvalue weighted by Gasteiger charge is -2.37. The maximum absolute atomic E-state index is 13.9. The van der Waals surface area contributed by atoms with Crippen LogP contribution in [0.4, 0.5) is 14.9 Å². The molecule has 2 atom stereocenters. The number of nitrogens with zero attached hydrogens (tertiary/aromatic N) is 3. The second-order valence-corrected chi connectivity index (χ2v) is 10.3. The number of hydrogen-bond acceptors (Lipinski definition) is 6. The third-order valence-electron chi connectivity index (χ3n) is 6.95. The van der Waals surface area contributed by atoms with Gasteiger partial charge < -0.3 is 19.9 Å². The molecule has 8 nitrogen and oxygen atoms in total. The highest BCUT2D eigenvalue weighted by molar-refractivity contribution is 7.12. The molecule has 1 N–H and O–H groups in total. The largest absolute Gasteiger partial charge is 0.438 e. The minimum Gasteiger partial charge on any atom is -0.438 e. The lowest BCUT2D eigenvalue weighted by molar-refractivity contribution is -0.138. The van der Waals surface area contributed by atoms with Gasteiger partial charge in [-0.1, -0.05) is 37.3 Å². The van der Waals surface area contributed by atoms with Crippen molar-refractivity contribution >= 4 is 34.9 Å². The predicted molar refractivity (Wildman–Crippen MR) is 142 cm³/mol. The van der Waals surface area contributed by atoms with Crippen LogP contribution in [0.2, 0.25) is 0 Å². The standard InChI is InChI=1S/C28H29FN4O4S/c1-2-31-12-14-32(15-13-31)27(35)24-25(37-28(36)33(24)18-19-5-3-6-21(29)17-19)20-8-10-22(11-9-20)30-26(34)23-7-4-16-38-23/h3-11,16-17,24-25H,2,12-15,18H2,1H3,(H,30,34)/t24-,25+/m1/s1. The van der Waals surface area contributed by atoms with Crippen LogP contribution >= 0.6 is 11.3 Å². The third kappa shape index (κ3) is 5.56. The SMILES string of the molecule is CCN1CCN(C(=O)[C@H]2[C@H](c3ccc(NC(=O)c4cccs4)cc3)OC(=O)N2Cc2cccc(F)c2)CC1.